The monoisotopic (exact) mass is 290 g/mol. The van der Waals surface area contributed by atoms with Crippen molar-refractivity contribution in [1.82, 2.24) is 4.98 Å². The van der Waals surface area contributed by atoms with Gasteiger partial charge in [0.25, 0.3) is 0 Å². The highest BCUT2D eigenvalue weighted by molar-refractivity contribution is 7.14. The lowest BCUT2D eigenvalue weighted by Crippen LogP contribution is -1.97. The Morgan fingerprint density at radius 3 is 2.68 bits per heavy atom. The number of hydrogen-bond donors (Lipinski definition) is 1. The second-order valence-corrected chi connectivity index (χ2v) is 5.67. The number of benzene rings is 1. The lowest BCUT2D eigenvalue weighted by molar-refractivity contribution is 0.628. The SMILES string of the molecule is Fc1ccc(-c2csc(NCc3ccsc3)n2)cc1. The summed E-state index contributed by atoms with van der Waals surface area (Å²) in [6.07, 6.45) is 0. The van der Waals surface area contributed by atoms with Crippen LogP contribution in [0.3, 0.4) is 0 Å². The molecule has 0 fully saturated rings. The van der Waals surface area contributed by atoms with Crippen LogP contribution in [0.4, 0.5) is 9.52 Å². The molecule has 0 unspecified atom stereocenters. The van der Waals surface area contributed by atoms with Crippen molar-refractivity contribution in [2.75, 3.05) is 5.32 Å². The summed E-state index contributed by atoms with van der Waals surface area (Å²) in [5.74, 6) is -0.227. The fourth-order valence-electron chi connectivity index (χ4n) is 1.68. The lowest BCUT2D eigenvalue weighted by Gasteiger charge is -1.99. The normalized spacial score (nSPS) is 10.6. The first kappa shape index (κ1) is 12.3. The average molecular weight is 290 g/mol. The summed E-state index contributed by atoms with van der Waals surface area (Å²) < 4.78 is 12.9. The molecule has 0 aliphatic heterocycles. The molecule has 0 aliphatic rings. The van der Waals surface area contributed by atoms with E-state index in [4.69, 9.17) is 0 Å². The molecule has 2 aromatic heterocycles. The second kappa shape index (κ2) is 5.50. The third-order valence-electron chi connectivity index (χ3n) is 2.67. The van der Waals surface area contributed by atoms with Crippen LogP contribution in [-0.2, 0) is 6.54 Å². The van der Waals surface area contributed by atoms with Crippen molar-refractivity contribution in [1.29, 1.82) is 0 Å². The van der Waals surface area contributed by atoms with E-state index < -0.39 is 0 Å². The summed E-state index contributed by atoms with van der Waals surface area (Å²) in [4.78, 5) is 4.50. The molecule has 2 nitrogen and oxygen atoms in total. The summed E-state index contributed by atoms with van der Waals surface area (Å²) in [5, 5.41) is 10.3. The number of aromatic nitrogens is 1. The van der Waals surface area contributed by atoms with E-state index in [-0.39, 0.29) is 5.82 Å². The molecule has 0 aliphatic carbocycles. The quantitative estimate of drug-likeness (QED) is 0.758. The maximum atomic E-state index is 12.9. The van der Waals surface area contributed by atoms with E-state index in [0.717, 1.165) is 22.9 Å². The Hall–Kier alpha value is -1.72. The highest BCUT2D eigenvalue weighted by Crippen LogP contribution is 2.25. The predicted octanol–water partition coefficient (Wildman–Crippen LogP) is 4.62. The van der Waals surface area contributed by atoms with E-state index in [0.29, 0.717) is 0 Å². The van der Waals surface area contributed by atoms with Crippen LogP contribution in [0, 0.1) is 5.82 Å². The minimum absolute atomic E-state index is 0.227. The molecular weight excluding hydrogens is 279 g/mol. The van der Waals surface area contributed by atoms with E-state index in [1.807, 2.05) is 5.38 Å². The summed E-state index contributed by atoms with van der Waals surface area (Å²) in [6.45, 7) is 0.778. The number of thiophene rings is 1. The Bertz CT molecular complexity index is 644. The summed E-state index contributed by atoms with van der Waals surface area (Å²) in [6, 6.07) is 8.48. The van der Waals surface area contributed by atoms with Crippen LogP contribution in [0.25, 0.3) is 11.3 Å². The average Bonchev–Trinajstić information content (AvgIpc) is 3.09. The molecule has 0 bridgehead atoms. The van der Waals surface area contributed by atoms with Gasteiger partial charge in [0.15, 0.2) is 5.13 Å². The molecule has 3 rings (SSSR count). The Balaban J connectivity index is 1.70. The van der Waals surface area contributed by atoms with Crippen molar-refractivity contribution in [2.45, 2.75) is 6.54 Å². The van der Waals surface area contributed by atoms with E-state index >= 15 is 0 Å². The maximum Gasteiger partial charge on any atom is 0.183 e. The molecule has 19 heavy (non-hydrogen) atoms. The first-order chi connectivity index (χ1) is 9.31. The Morgan fingerprint density at radius 2 is 1.95 bits per heavy atom. The molecule has 3 aromatic rings. The minimum Gasteiger partial charge on any atom is -0.357 e. The highest BCUT2D eigenvalue weighted by atomic mass is 32.1. The van der Waals surface area contributed by atoms with Crippen LogP contribution in [0.2, 0.25) is 0 Å². The van der Waals surface area contributed by atoms with Crippen LogP contribution in [0.1, 0.15) is 5.56 Å². The minimum atomic E-state index is -0.227. The van der Waals surface area contributed by atoms with Gasteiger partial charge >= 0.3 is 0 Å². The number of rotatable bonds is 4. The zero-order valence-corrected chi connectivity index (χ0v) is 11.6. The van der Waals surface area contributed by atoms with Crippen molar-refractivity contribution in [3.8, 4) is 11.3 Å². The fourth-order valence-corrected chi connectivity index (χ4v) is 3.07. The summed E-state index contributed by atoms with van der Waals surface area (Å²) in [7, 11) is 0. The van der Waals surface area contributed by atoms with Crippen LogP contribution in [0.5, 0.6) is 0 Å². The third kappa shape index (κ3) is 3.00. The zero-order valence-electron chi connectivity index (χ0n) is 9.97. The van der Waals surface area contributed by atoms with Gasteiger partial charge in [0, 0.05) is 17.5 Å². The zero-order chi connectivity index (χ0) is 13.1. The first-order valence-electron chi connectivity index (χ1n) is 5.78. The van der Waals surface area contributed by atoms with Crippen molar-refractivity contribution in [3.63, 3.8) is 0 Å². The van der Waals surface area contributed by atoms with E-state index in [2.05, 4.69) is 27.1 Å². The van der Waals surface area contributed by atoms with Gasteiger partial charge in [-0.25, -0.2) is 9.37 Å². The van der Waals surface area contributed by atoms with Crippen molar-refractivity contribution >= 4 is 27.8 Å². The maximum absolute atomic E-state index is 12.9. The number of anilines is 1. The lowest BCUT2D eigenvalue weighted by atomic mass is 10.2. The van der Waals surface area contributed by atoms with Crippen molar-refractivity contribution in [3.05, 3.63) is 57.9 Å². The highest BCUT2D eigenvalue weighted by Gasteiger charge is 2.04. The van der Waals surface area contributed by atoms with Crippen molar-refractivity contribution in [2.24, 2.45) is 0 Å². The van der Waals surface area contributed by atoms with E-state index in [1.165, 1.54) is 17.7 Å². The molecule has 0 saturated heterocycles. The number of nitrogens with one attached hydrogen (secondary N) is 1. The molecule has 0 amide bonds. The van der Waals surface area contributed by atoms with Gasteiger partial charge in [-0.15, -0.1) is 11.3 Å². The molecule has 2 heterocycles. The van der Waals surface area contributed by atoms with Gasteiger partial charge in [-0.1, -0.05) is 0 Å². The predicted molar refractivity (Wildman–Crippen MR) is 79.2 cm³/mol. The Kier molecular flexibility index (Phi) is 3.57. The number of nitrogens with zero attached hydrogens (tertiary/aromatic N) is 1. The molecule has 0 spiro atoms. The fraction of sp³-hybridized carbons (Fsp3) is 0.0714. The third-order valence-corrected chi connectivity index (χ3v) is 4.20. The van der Waals surface area contributed by atoms with Gasteiger partial charge in [0.1, 0.15) is 5.82 Å². The summed E-state index contributed by atoms with van der Waals surface area (Å²) in [5.41, 5.74) is 3.06. The smallest absolute Gasteiger partial charge is 0.183 e. The summed E-state index contributed by atoms with van der Waals surface area (Å²) >= 11 is 3.24. The van der Waals surface area contributed by atoms with Gasteiger partial charge in [-0.05, 0) is 46.7 Å². The largest absolute Gasteiger partial charge is 0.357 e. The molecule has 1 aromatic carbocycles. The molecule has 96 valence electrons. The molecule has 0 radical (unpaired) electrons. The van der Waals surface area contributed by atoms with Gasteiger partial charge in [-0.2, -0.15) is 11.3 Å². The molecular formula is C14H11FN2S2. The molecule has 0 saturated carbocycles. The van der Waals surface area contributed by atoms with Crippen LogP contribution in [-0.4, -0.2) is 4.98 Å². The standard InChI is InChI=1S/C14H11FN2S2/c15-12-3-1-11(2-4-12)13-9-19-14(17-13)16-7-10-5-6-18-8-10/h1-6,8-9H,7H2,(H,16,17). The first-order valence-corrected chi connectivity index (χ1v) is 7.60. The van der Waals surface area contributed by atoms with Crippen LogP contribution >= 0.6 is 22.7 Å². The van der Waals surface area contributed by atoms with E-state index in [1.54, 1.807) is 34.8 Å². The number of hydrogen-bond acceptors (Lipinski definition) is 4. The van der Waals surface area contributed by atoms with Crippen LogP contribution < -0.4 is 5.32 Å². The Morgan fingerprint density at radius 1 is 1.11 bits per heavy atom. The van der Waals surface area contributed by atoms with Gasteiger partial charge in [0.05, 0.1) is 5.69 Å². The number of halogens is 1. The molecule has 1 N–H and O–H groups in total. The van der Waals surface area contributed by atoms with Gasteiger partial charge in [0.2, 0.25) is 0 Å². The Labute approximate surface area is 118 Å². The van der Waals surface area contributed by atoms with E-state index in [9.17, 15) is 4.39 Å². The van der Waals surface area contributed by atoms with Gasteiger partial charge in [-0.3, -0.25) is 0 Å². The molecule has 5 heteroatoms. The topological polar surface area (TPSA) is 24.9 Å². The van der Waals surface area contributed by atoms with Gasteiger partial charge < -0.3 is 5.32 Å². The van der Waals surface area contributed by atoms with Crippen molar-refractivity contribution < 1.29 is 4.39 Å². The number of thiazole rings is 1. The molecule has 0 atom stereocenters. The second-order valence-electron chi connectivity index (χ2n) is 4.03. The van der Waals surface area contributed by atoms with Crippen LogP contribution in [0.15, 0.2) is 46.5 Å².